The fourth-order valence-corrected chi connectivity index (χ4v) is 2.40. The maximum absolute atomic E-state index is 14.2. The third kappa shape index (κ3) is 2.47. The first-order valence-corrected chi connectivity index (χ1v) is 6.23. The summed E-state index contributed by atoms with van der Waals surface area (Å²) in [4.78, 5) is 6.10. The number of hydrogen-bond donors (Lipinski definition) is 1. The molecule has 1 saturated heterocycles. The van der Waals surface area contributed by atoms with E-state index in [1.54, 1.807) is 19.4 Å². The summed E-state index contributed by atoms with van der Waals surface area (Å²) in [7, 11) is 1.70. The highest BCUT2D eigenvalue weighted by atomic mass is 19.1. The topological polar surface area (TPSA) is 51.4 Å². The summed E-state index contributed by atoms with van der Waals surface area (Å²) < 4.78 is 19.7. The molecule has 100 valence electrons. The first-order valence-electron chi connectivity index (χ1n) is 6.23. The van der Waals surface area contributed by atoms with E-state index < -0.39 is 0 Å². The van der Waals surface area contributed by atoms with Crippen molar-refractivity contribution in [3.05, 3.63) is 23.6 Å². The van der Waals surface area contributed by atoms with E-state index in [0.717, 1.165) is 19.4 Å². The Morgan fingerprint density at radius 2 is 2.39 bits per heavy atom. The number of ether oxygens (including phenoxy) is 1. The van der Waals surface area contributed by atoms with Crippen LogP contribution >= 0.6 is 0 Å². The summed E-state index contributed by atoms with van der Waals surface area (Å²) in [6.45, 7) is 3.69. The van der Waals surface area contributed by atoms with Crippen molar-refractivity contribution in [1.82, 2.24) is 4.98 Å². The predicted octanol–water partition coefficient (Wildman–Crippen LogP) is 1.68. The minimum Gasteiger partial charge on any atom is -0.377 e. The molecule has 2 heterocycles. The van der Waals surface area contributed by atoms with Crippen molar-refractivity contribution < 1.29 is 9.13 Å². The third-order valence-electron chi connectivity index (χ3n) is 3.62. The van der Waals surface area contributed by atoms with Crippen LogP contribution in [0.1, 0.15) is 25.3 Å². The van der Waals surface area contributed by atoms with E-state index in [1.165, 1.54) is 0 Å². The fraction of sp³-hybridized carbons (Fsp3) is 0.615. The number of pyridine rings is 1. The summed E-state index contributed by atoms with van der Waals surface area (Å²) in [5.41, 5.74) is 5.79. The van der Waals surface area contributed by atoms with E-state index in [-0.39, 0.29) is 18.0 Å². The molecule has 1 unspecified atom stereocenters. The molecule has 5 heteroatoms. The first kappa shape index (κ1) is 13.2. The average Bonchev–Trinajstić information content (AvgIpc) is 2.39. The van der Waals surface area contributed by atoms with Crippen LogP contribution in [0.5, 0.6) is 0 Å². The Morgan fingerprint density at radius 1 is 1.61 bits per heavy atom. The van der Waals surface area contributed by atoms with E-state index in [0.29, 0.717) is 17.9 Å². The molecule has 0 spiro atoms. The molecular weight excluding hydrogens is 233 g/mol. The van der Waals surface area contributed by atoms with Crippen molar-refractivity contribution in [2.75, 3.05) is 25.1 Å². The van der Waals surface area contributed by atoms with Gasteiger partial charge in [-0.3, -0.25) is 0 Å². The molecule has 0 radical (unpaired) electrons. The number of nitrogens with two attached hydrogens (primary N) is 1. The zero-order chi connectivity index (χ0) is 13.2. The second kappa shape index (κ2) is 5.20. The van der Waals surface area contributed by atoms with Gasteiger partial charge >= 0.3 is 0 Å². The van der Waals surface area contributed by atoms with Gasteiger partial charge in [0.2, 0.25) is 0 Å². The molecule has 0 aromatic carbocycles. The van der Waals surface area contributed by atoms with Gasteiger partial charge in [0.15, 0.2) is 11.6 Å². The lowest BCUT2D eigenvalue weighted by Gasteiger charge is -2.40. The van der Waals surface area contributed by atoms with Crippen LogP contribution in [0.3, 0.4) is 0 Å². The number of methoxy groups -OCH3 is 1. The molecular formula is C13H20FN3O. The maximum atomic E-state index is 14.2. The molecule has 18 heavy (non-hydrogen) atoms. The maximum Gasteiger partial charge on any atom is 0.170 e. The molecule has 0 aliphatic carbocycles. The minimum absolute atomic E-state index is 0.191. The third-order valence-corrected chi connectivity index (χ3v) is 3.62. The molecule has 0 saturated carbocycles. The van der Waals surface area contributed by atoms with Crippen LogP contribution < -0.4 is 10.6 Å². The number of piperidine rings is 1. The highest BCUT2D eigenvalue weighted by Crippen LogP contribution is 2.29. The molecule has 2 N–H and O–H groups in total. The number of aromatic nitrogens is 1. The number of anilines is 1. The monoisotopic (exact) mass is 253 g/mol. The molecule has 0 bridgehead atoms. The average molecular weight is 253 g/mol. The summed E-state index contributed by atoms with van der Waals surface area (Å²) >= 11 is 0. The predicted molar refractivity (Wildman–Crippen MR) is 68.9 cm³/mol. The van der Waals surface area contributed by atoms with Gasteiger partial charge in [0.25, 0.3) is 0 Å². The van der Waals surface area contributed by atoms with Gasteiger partial charge in [0.1, 0.15) is 0 Å². The summed E-state index contributed by atoms with van der Waals surface area (Å²) in [6.07, 6.45) is 3.57. The van der Waals surface area contributed by atoms with Crippen LogP contribution in [-0.4, -0.2) is 30.8 Å². The highest BCUT2D eigenvalue weighted by molar-refractivity contribution is 5.44. The van der Waals surface area contributed by atoms with Crippen LogP contribution in [0.15, 0.2) is 12.3 Å². The molecule has 1 atom stereocenters. The molecule has 1 aliphatic heterocycles. The van der Waals surface area contributed by atoms with Gasteiger partial charge in [0, 0.05) is 38.5 Å². The standard InChI is InChI=1S/C13H20FN3O/c1-13(18-2)5-3-7-17(9-13)12-11(14)10(8-15)4-6-16-12/h4,6H,3,5,7-9,15H2,1-2H3. The first-order chi connectivity index (χ1) is 8.59. The summed E-state index contributed by atoms with van der Waals surface area (Å²) in [6, 6.07) is 1.62. The smallest absolute Gasteiger partial charge is 0.170 e. The second-order valence-corrected chi connectivity index (χ2v) is 4.99. The quantitative estimate of drug-likeness (QED) is 0.890. The Morgan fingerprint density at radius 3 is 3.06 bits per heavy atom. The van der Waals surface area contributed by atoms with Gasteiger partial charge < -0.3 is 15.4 Å². The lowest BCUT2D eigenvalue weighted by Crippen LogP contribution is -2.48. The van der Waals surface area contributed by atoms with Gasteiger partial charge in [0.05, 0.1) is 5.60 Å². The normalized spacial score (nSPS) is 24.3. The molecule has 1 aromatic heterocycles. The van der Waals surface area contributed by atoms with E-state index >= 15 is 0 Å². The van der Waals surface area contributed by atoms with Gasteiger partial charge in [-0.25, -0.2) is 9.37 Å². The Bertz CT molecular complexity index is 427. The lowest BCUT2D eigenvalue weighted by molar-refractivity contribution is -0.00494. The highest BCUT2D eigenvalue weighted by Gasteiger charge is 2.32. The van der Waals surface area contributed by atoms with E-state index in [2.05, 4.69) is 4.98 Å². The zero-order valence-electron chi connectivity index (χ0n) is 10.9. The number of rotatable bonds is 3. The largest absolute Gasteiger partial charge is 0.377 e. The van der Waals surface area contributed by atoms with E-state index in [1.807, 2.05) is 11.8 Å². The van der Waals surface area contributed by atoms with Crippen LogP contribution in [0, 0.1) is 5.82 Å². The molecule has 1 fully saturated rings. The van der Waals surface area contributed by atoms with Gasteiger partial charge in [-0.15, -0.1) is 0 Å². The van der Waals surface area contributed by atoms with Crippen LogP contribution in [-0.2, 0) is 11.3 Å². The minimum atomic E-state index is -0.305. The zero-order valence-corrected chi connectivity index (χ0v) is 10.9. The Hall–Kier alpha value is -1.20. The molecule has 4 nitrogen and oxygen atoms in total. The Kier molecular flexibility index (Phi) is 3.82. The fourth-order valence-electron chi connectivity index (χ4n) is 2.40. The van der Waals surface area contributed by atoms with Crippen LogP contribution in [0.2, 0.25) is 0 Å². The number of hydrogen-bond acceptors (Lipinski definition) is 4. The lowest BCUT2D eigenvalue weighted by atomic mass is 9.94. The van der Waals surface area contributed by atoms with Crippen molar-refractivity contribution in [1.29, 1.82) is 0 Å². The number of halogens is 1. The van der Waals surface area contributed by atoms with Crippen molar-refractivity contribution in [3.8, 4) is 0 Å². The van der Waals surface area contributed by atoms with Gasteiger partial charge in [-0.1, -0.05) is 0 Å². The van der Waals surface area contributed by atoms with Crippen LogP contribution in [0.25, 0.3) is 0 Å². The molecule has 1 aromatic rings. The van der Waals surface area contributed by atoms with E-state index in [4.69, 9.17) is 10.5 Å². The van der Waals surface area contributed by atoms with Gasteiger partial charge in [-0.2, -0.15) is 0 Å². The molecule has 1 aliphatic rings. The van der Waals surface area contributed by atoms with Crippen molar-refractivity contribution in [2.24, 2.45) is 5.73 Å². The Labute approximate surface area is 107 Å². The Balaban J connectivity index is 2.26. The summed E-state index contributed by atoms with van der Waals surface area (Å²) in [5.74, 6) is 0.0845. The van der Waals surface area contributed by atoms with Crippen molar-refractivity contribution in [3.63, 3.8) is 0 Å². The SMILES string of the molecule is COC1(C)CCCN(c2nccc(CN)c2F)C1. The molecule has 2 rings (SSSR count). The van der Waals surface area contributed by atoms with E-state index in [9.17, 15) is 4.39 Å². The van der Waals surface area contributed by atoms with Crippen molar-refractivity contribution >= 4 is 5.82 Å². The van der Waals surface area contributed by atoms with Gasteiger partial charge in [-0.05, 0) is 25.8 Å². The molecule has 0 amide bonds. The van der Waals surface area contributed by atoms with Crippen molar-refractivity contribution in [2.45, 2.75) is 31.9 Å². The van der Waals surface area contributed by atoms with Crippen LogP contribution in [0.4, 0.5) is 10.2 Å². The number of nitrogens with zero attached hydrogens (tertiary/aromatic N) is 2. The summed E-state index contributed by atoms with van der Waals surface area (Å²) in [5, 5.41) is 0. The second-order valence-electron chi connectivity index (χ2n) is 4.99.